The largest absolute Gasteiger partial charge is 0.489 e. The summed E-state index contributed by atoms with van der Waals surface area (Å²) in [6.07, 6.45) is 1.68. The lowest BCUT2D eigenvalue weighted by atomic mass is 10.1. The number of carbonyl (C=O) groups excluding carboxylic acids is 2. The molecule has 2 aromatic rings. The zero-order valence-corrected chi connectivity index (χ0v) is 17.3. The Morgan fingerprint density at radius 2 is 2.06 bits per heavy atom. The maximum Gasteiger partial charge on any atom is 0.282 e. The molecule has 2 aromatic carbocycles. The molecule has 0 saturated carbocycles. The summed E-state index contributed by atoms with van der Waals surface area (Å²) >= 11 is 0. The second kappa shape index (κ2) is 9.53. The molecule has 2 amide bonds. The molecule has 1 fully saturated rings. The number of nitrogens with one attached hydrogen (secondary N) is 2. The first-order chi connectivity index (χ1) is 15.1. The Hall–Kier alpha value is -3.52. The molecule has 162 valence electrons. The fraction of sp³-hybridized carbons (Fsp3) is 0.304. The van der Waals surface area contributed by atoms with Gasteiger partial charge >= 0.3 is 0 Å². The van der Waals surface area contributed by atoms with Crippen LogP contribution in [0.15, 0.2) is 55.1 Å². The molecule has 0 aliphatic carbocycles. The maximum absolute atomic E-state index is 13.4. The van der Waals surface area contributed by atoms with Crippen molar-refractivity contribution >= 4 is 17.5 Å². The highest BCUT2D eigenvalue weighted by Crippen LogP contribution is 2.36. The summed E-state index contributed by atoms with van der Waals surface area (Å²) in [5.41, 5.74) is 1.58. The van der Waals surface area contributed by atoms with Gasteiger partial charge in [0.15, 0.2) is 24.6 Å². The van der Waals surface area contributed by atoms with Gasteiger partial charge in [0.2, 0.25) is 6.79 Å². The molecule has 4 rings (SSSR count). The number of benzene rings is 2. The first-order valence-corrected chi connectivity index (χ1v) is 10.3. The Morgan fingerprint density at radius 3 is 2.90 bits per heavy atom. The summed E-state index contributed by atoms with van der Waals surface area (Å²) in [5, 5.41) is 2.80. The summed E-state index contributed by atoms with van der Waals surface area (Å²) < 4.78 is 16.7. The lowest BCUT2D eigenvalue weighted by molar-refractivity contribution is -0.885. The number of ether oxygens (including phenoxy) is 3. The second-order valence-electron chi connectivity index (χ2n) is 7.43. The monoisotopic (exact) mass is 424 g/mol. The molecule has 2 heterocycles. The smallest absolute Gasteiger partial charge is 0.282 e. The van der Waals surface area contributed by atoms with Crippen molar-refractivity contribution in [1.82, 2.24) is 5.32 Å². The number of para-hydroxylation sites is 1. The van der Waals surface area contributed by atoms with Gasteiger partial charge in [-0.15, -0.1) is 0 Å². The normalized spacial score (nSPS) is 17.0. The minimum absolute atomic E-state index is 0.0353. The van der Waals surface area contributed by atoms with E-state index < -0.39 is 0 Å². The first kappa shape index (κ1) is 20.7. The van der Waals surface area contributed by atoms with Gasteiger partial charge in [0, 0.05) is 17.3 Å². The molecule has 0 radical (unpaired) electrons. The zero-order valence-electron chi connectivity index (χ0n) is 17.3. The average Bonchev–Trinajstić information content (AvgIpc) is 3.24. The van der Waals surface area contributed by atoms with Gasteiger partial charge in [0.25, 0.3) is 11.8 Å². The van der Waals surface area contributed by atoms with Crippen LogP contribution in [0.4, 0.5) is 5.69 Å². The van der Waals surface area contributed by atoms with E-state index in [0.29, 0.717) is 55.7 Å². The fourth-order valence-electron chi connectivity index (χ4n) is 3.69. The standard InChI is InChI=1S/C23H25N3O5/c1-2-11-29-19-6-4-3-5-17(19)13-26(18-7-8-20-21(12-18)31-16-30-20)23(28)15-25-10-9-24-22(27)14-25/h2-8,12H,1,9-11,13-16H2,(H,24,27)/p+1. The SMILES string of the molecule is C=CCOc1ccccc1CN(C(=O)C[NH+]1CCNC(=O)C1)c1ccc2c(c1)OCO2. The fourth-order valence-corrected chi connectivity index (χ4v) is 3.69. The summed E-state index contributed by atoms with van der Waals surface area (Å²) in [6, 6.07) is 13.1. The Morgan fingerprint density at radius 1 is 1.23 bits per heavy atom. The third kappa shape index (κ3) is 4.97. The number of carbonyl (C=O) groups is 2. The molecule has 0 spiro atoms. The molecule has 0 bridgehead atoms. The van der Waals surface area contributed by atoms with Gasteiger partial charge in [0.05, 0.1) is 19.6 Å². The van der Waals surface area contributed by atoms with Crippen molar-refractivity contribution in [2.24, 2.45) is 0 Å². The number of rotatable bonds is 8. The highest BCUT2D eigenvalue weighted by atomic mass is 16.7. The molecular formula is C23H26N3O5+. The highest BCUT2D eigenvalue weighted by molar-refractivity contribution is 5.94. The predicted octanol–water partition coefficient (Wildman–Crippen LogP) is 0.528. The maximum atomic E-state index is 13.4. The number of hydrogen-bond acceptors (Lipinski definition) is 5. The third-order valence-electron chi connectivity index (χ3n) is 5.24. The van der Waals surface area contributed by atoms with Crippen molar-refractivity contribution < 1.29 is 28.7 Å². The predicted molar refractivity (Wildman–Crippen MR) is 114 cm³/mol. The molecule has 2 aliphatic heterocycles. The lowest BCUT2D eigenvalue weighted by Crippen LogP contribution is -3.16. The second-order valence-corrected chi connectivity index (χ2v) is 7.43. The zero-order chi connectivity index (χ0) is 21.6. The number of quaternary nitrogens is 1. The van der Waals surface area contributed by atoms with Gasteiger partial charge in [-0.25, -0.2) is 0 Å². The lowest BCUT2D eigenvalue weighted by Gasteiger charge is -2.28. The summed E-state index contributed by atoms with van der Waals surface area (Å²) in [7, 11) is 0. The van der Waals surface area contributed by atoms with E-state index in [9.17, 15) is 9.59 Å². The van der Waals surface area contributed by atoms with Crippen LogP contribution in [0.2, 0.25) is 0 Å². The van der Waals surface area contributed by atoms with Crippen LogP contribution in [-0.2, 0) is 16.1 Å². The van der Waals surface area contributed by atoms with E-state index in [0.717, 1.165) is 10.5 Å². The molecule has 1 unspecified atom stereocenters. The Balaban J connectivity index is 1.60. The van der Waals surface area contributed by atoms with Crippen molar-refractivity contribution in [2.45, 2.75) is 6.54 Å². The van der Waals surface area contributed by atoms with E-state index in [-0.39, 0.29) is 25.2 Å². The highest BCUT2D eigenvalue weighted by Gasteiger charge is 2.27. The molecule has 2 N–H and O–H groups in total. The van der Waals surface area contributed by atoms with E-state index >= 15 is 0 Å². The van der Waals surface area contributed by atoms with E-state index in [1.54, 1.807) is 17.0 Å². The van der Waals surface area contributed by atoms with Crippen LogP contribution in [0.1, 0.15) is 5.56 Å². The van der Waals surface area contributed by atoms with Gasteiger partial charge in [-0.05, 0) is 18.2 Å². The molecule has 31 heavy (non-hydrogen) atoms. The van der Waals surface area contributed by atoms with Crippen molar-refractivity contribution in [3.05, 3.63) is 60.7 Å². The van der Waals surface area contributed by atoms with Gasteiger partial charge in [-0.3, -0.25) is 9.59 Å². The summed E-state index contributed by atoms with van der Waals surface area (Å²) in [6.45, 7) is 6.36. The molecule has 2 aliphatic rings. The van der Waals surface area contributed by atoms with E-state index in [2.05, 4.69) is 11.9 Å². The van der Waals surface area contributed by atoms with Gasteiger partial charge < -0.3 is 29.3 Å². The topological polar surface area (TPSA) is 81.5 Å². The minimum Gasteiger partial charge on any atom is -0.489 e. The number of nitrogens with zero attached hydrogens (tertiary/aromatic N) is 1. The van der Waals surface area contributed by atoms with Crippen LogP contribution in [0, 0.1) is 0 Å². The number of hydrogen-bond donors (Lipinski definition) is 2. The number of anilines is 1. The van der Waals surface area contributed by atoms with E-state index in [1.807, 2.05) is 36.4 Å². The van der Waals surface area contributed by atoms with Crippen LogP contribution in [0.5, 0.6) is 17.2 Å². The summed E-state index contributed by atoms with van der Waals surface area (Å²) in [4.78, 5) is 27.8. The number of piperazine rings is 1. The van der Waals surface area contributed by atoms with Crippen molar-refractivity contribution in [3.63, 3.8) is 0 Å². The van der Waals surface area contributed by atoms with E-state index in [1.165, 1.54) is 0 Å². The van der Waals surface area contributed by atoms with Gasteiger partial charge in [-0.1, -0.05) is 30.9 Å². The molecule has 1 atom stereocenters. The molecule has 0 aromatic heterocycles. The van der Waals surface area contributed by atoms with E-state index in [4.69, 9.17) is 14.2 Å². The Bertz CT molecular complexity index is 977. The molecule has 8 heteroatoms. The Labute approximate surface area is 181 Å². The van der Waals surface area contributed by atoms with Crippen LogP contribution in [-0.4, -0.2) is 51.4 Å². The summed E-state index contributed by atoms with van der Waals surface area (Å²) in [5.74, 6) is 1.85. The average molecular weight is 424 g/mol. The molecule has 8 nitrogen and oxygen atoms in total. The number of fused-ring (bicyclic) bond motifs is 1. The Kier molecular flexibility index (Phi) is 6.37. The minimum atomic E-state index is -0.0814. The molecule has 1 saturated heterocycles. The van der Waals surface area contributed by atoms with Crippen molar-refractivity contribution in [3.8, 4) is 17.2 Å². The quantitative estimate of drug-likeness (QED) is 0.605. The van der Waals surface area contributed by atoms with Gasteiger partial charge in [-0.2, -0.15) is 0 Å². The van der Waals surface area contributed by atoms with Crippen LogP contribution in [0.3, 0.4) is 0 Å². The van der Waals surface area contributed by atoms with Crippen LogP contribution >= 0.6 is 0 Å². The number of amides is 2. The molecular weight excluding hydrogens is 398 g/mol. The van der Waals surface area contributed by atoms with Gasteiger partial charge in [0.1, 0.15) is 12.4 Å². The first-order valence-electron chi connectivity index (χ1n) is 10.3. The van der Waals surface area contributed by atoms with Crippen LogP contribution in [0.25, 0.3) is 0 Å². The van der Waals surface area contributed by atoms with Crippen molar-refractivity contribution in [2.75, 3.05) is 44.5 Å². The van der Waals surface area contributed by atoms with Crippen LogP contribution < -0.4 is 29.3 Å². The van der Waals surface area contributed by atoms with Crippen molar-refractivity contribution in [1.29, 1.82) is 0 Å². The third-order valence-corrected chi connectivity index (χ3v) is 5.24.